The predicted octanol–water partition coefficient (Wildman–Crippen LogP) is 1.54. The summed E-state index contributed by atoms with van der Waals surface area (Å²) >= 11 is 0. The fraction of sp³-hybridized carbons (Fsp3) is 0.125. The molecule has 2 aromatic heterocycles. The first-order chi connectivity index (χ1) is 14.2. The Kier molecular flexibility index (Phi) is 4.33. The first-order valence-corrected chi connectivity index (χ1v) is 9.81. The van der Waals surface area contributed by atoms with E-state index in [9.17, 15) is 4.79 Å². The van der Waals surface area contributed by atoms with Gasteiger partial charge in [-0.1, -0.05) is 58.1 Å². The molecule has 0 saturated heterocycles. The molecule has 0 amide bonds. The van der Waals surface area contributed by atoms with Crippen LogP contribution in [0.25, 0.3) is 49.1 Å². The summed E-state index contributed by atoms with van der Waals surface area (Å²) in [5.74, 6) is -0.764. The molecule has 30 heavy (non-hydrogen) atoms. The van der Waals surface area contributed by atoms with Gasteiger partial charge in [-0.05, 0) is 34.7 Å². The number of fused-ring (bicyclic) bond motifs is 6. The maximum atomic E-state index is 11.0. The predicted molar refractivity (Wildman–Crippen MR) is 113 cm³/mol. The number of aryl methyl sites for hydroxylation is 1. The van der Waals surface area contributed by atoms with Crippen molar-refractivity contribution in [1.82, 2.24) is 9.61 Å². The fourth-order valence-corrected chi connectivity index (χ4v) is 4.62. The highest BCUT2D eigenvalue weighted by atomic mass is 79.9. The molecule has 0 spiro atoms. The van der Waals surface area contributed by atoms with Crippen LogP contribution in [0, 0.1) is 0 Å². The monoisotopic (exact) mass is 459 g/mol. The normalized spacial score (nSPS) is 11.7. The quantitative estimate of drug-likeness (QED) is 0.406. The van der Waals surface area contributed by atoms with Gasteiger partial charge in [-0.15, -0.1) is 0 Å². The number of hydrogen-bond donors (Lipinski definition) is 1. The van der Waals surface area contributed by atoms with Gasteiger partial charge in [0.2, 0.25) is 5.52 Å². The number of benzene rings is 3. The van der Waals surface area contributed by atoms with Gasteiger partial charge in [0, 0.05) is 23.3 Å². The first kappa shape index (κ1) is 18.8. The van der Waals surface area contributed by atoms with Gasteiger partial charge in [0.1, 0.15) is 5.52 Å². The van der Waals surface area contributed by atoms with Gasteiger partial charge in [0.05, 0.1) is 6.54 Å². The molecular weight excluding hydrogens is 442 g/mol. The van der Waals surface area contributed by atoms with Crippen molar-refractivity contribution in [2.75, 3.05) is 0 Å². The number of halogens is 1. The Morgan fingerprint density at radius 3 is 2.53 bits per heavy atom. The maximum absolute atomic E-state index is 11.0. The molecule has 6 aromatic rings. The second-order valence-corrected chi connectivity index (χ2v) is 7.52. The lowest BCUT2D eigenvalue weighted by Gasteiger charge is -1.98. The highest BCUT2D eigenvalue weighted by Gasteiger charge is 2.23. The number of aliphatic carboxylic acids is 1. The molecule has 0 aliphatic rings. The Labute approximate surface area is 182 Å². The van der Waals surface area contributed by atoms with Crippen LogP contribution in [0.2, 0.25) is 0 Å². The van der Waals surface area contributed by atoms with Crippen LogP contribution in [0.3, 0.4) is 0 Å². The van der Waals surface area contributed by atoms with Crippen molar-refractivity contribution >= 4 is 55.1 Å². The lowest BCUT2D eigenvalue weighted by atomic mass is 10.1. The number of hydrogen-bond acceptors (Lipinski definition) is 2. The smallest absolute Gasteiger partial charge is 0.308 e. The minimum Gasteiger partial charge on any atom is -1.00 e. The van der Waals surface area contributed by atoms with E-state index in [1.807, 2.05) is 16.6 Å². The van der Waals surface area contributed by atoms with Gasteiger partial charge >= 0.3 is 11.6 Å². The zero-order chi connectivity index (χ0) is 19.5. The van der Waals surface area contributed by atoms with Crippen LogP contribution in [-0.4, -0.2) is 20.7 Å². The van der Waals surface area contributed by atoms with Crippen LogP contribution in [0.5, 0.6) is 0 Å². The van der Waals surface area contributed by atoms with E-state index in [1.165, 1.54) is 21.5 Å². The minimum absolute atomic E-state index is 0. The summed E-state index contributed by atoms with van der Waals surface area (Å²) in [6.07, 6.45) is 0.734. The van der Waals surface area contributed by atoms with E-state index in [1.54, 1.807) is 0 Å². The van der Waals surface area contributed by atoms with E-state index in [2.05, 4.69) is 59.2 Å². The van der Waals surface area contributed by atoms with E-state index in [0.29, 0.717) is 13.0 Å². The van der Waals surface area contributed by atoms with Gasteiger partial charge < -0.3 is 22.1 Å². The van der Waals surface area contributed by atoms with Gasteiger partial charge in [-0.2, -0.15) is 0 Å². The van der Waals surface area contributed by atoms with E-state index in [0.717, 1.165) is 27.6 Å². The first-order valence-electron chi connectivity index (χ1n) is 9.81. The Morgan fingerprint density at radius 1 is 0.967 bits per heavy atom. The zero-order valence-corrected chi connectivity index (χ0v) is 17.6. The van der Waals surface area contributed by atoms with Crippen molar-refractivity contribution in [2.24, 2.45) is 0 Å². The third kappa shape index (κ3) is 2.57. The Hall–Kier alpha value is -3.25. The summed E-state index contributed by atoms with van der Waals surface area (Å²) < 4.78 is 4.19. The zero-order valence-electron chi connectivity index (χ0n) is 16.0. The molecule has 6 rings (SSSR count). The molecule has 0 fully saturated rings. The van der Waals surface area contributed by atoms with Crippen molar-refractivity contribution in [2.45, 2.75) is 19.4 Å². The standard InChI is InChI=1S/C24H17N3O2.BrH/c28-22(29)12-5-13-26-19-10-1-2-11-20(19)27-21(26)14-18-16-8-3-6-15-7-4-9-17(23(15)16)24(18)25-27;/h1-4,6-11,14H,5,12-13H2;1H. The average Bonchev–Trinajstić information content (AvgIpc) is 3.22. The molecule has 2 heterocycles. The fourth-order valence-electron chi connectivity index (χ4n) is 4.62. The summed E-state index contributed by atoms with van der Waals surface area (Å²) in [6.45, 7) is 0.640. The molecule has 5 nitrogen and oxygen atoms in total. The largest absolute Gasteiger partial charge is 1.00 e. The highest BCUT2D eigenvalue weighted by Crippen LogP contribution is 2.37. The van der Waals surface area contributed by atoms with Gasteiger partial charge in [-0.25, -0.2) is 4.57 Å². The third-order valence-electron chi connectivity index (χ3n) is 5.85. The molecule has 0 atom stereocenters. The molecular formula is C24H18BrN3O2. The molecule has 4 aromatic carbocycles. The van der Waals surface area contributed by atoms with Gasteiger partial charge in [0.25, 0.3) is 0 Å². The number of aromatic nitrogens is 3. The van der Waals surface area contributed by atoms with Crippen LogP contribution in [0.1, 0.15) is 12.8 Å². The minimum atomic E-state index is -0.764. The van der Waals surface area contributed by atoms with Crippen molar-refractivity contribution in [3.05, 3.63) is 66.7 Å². The molecule has 1 N–H and O–H groups in total. The molecule has 0 aliphatic heterocycles. The molecule has 0 radical (unpaired) electrons. The number of nitrogens with zero attached hydrogens (tertiary/aromatic N) is 3. The molecule has 148 valence electrons. The Bertz CT molecular complexity index is 1570. The van der Waals surface area contributed by atoms with Crippen LogP contribution in [0.15, 0.2) is 66.7 Å². The van der Waals surface area contributed by atoms with Crippen LogP contribution >= 0.6 is 0 Å². The number of rotatable bonds is 4. The van der Waals surface area contributed by atoms with Gasteiger partial charge in [-0.3, -0.25) is 4.79 Å². The number of carboxylic acids is 1. The lowest BCUT2D eigenvalue weighted by Crippen LogP contribution is -3.00. The summed E-state index contributed by atoms with van der Waals surface area (Å²) in [4.78, 5) is 11.0. The van der Waals surface area contributed by atoms with E-state index < -0.39 is 5.97 Å². The lowest BCUT2D eigenvalue weighted by molar-refractivity contribution is -0.646. The van der Waals surface area contributed by atoms with Crippen molar-refractivity contribution in [1.29, 1.82) is 0 Å². The maximum Gasteiger partial charge on any atom is 0.308 e. The van der Waals surface area contributed by atoms with E-state index in [-0.39, 0.29) is 23.4 Å². The van der Waals surface area contributed by atoms with Crippen molar-refractivity contribution < 1.29 is 31.4 Å². The molecule has 0 unspecified atom stereocenters. The number of carboxylic acid groups (broad SMARTS) is 1. The number of para-hydroxylation sites is 2. The SMILES string of the molecule is O=C(O)CCC[n+]1c2ccccc2n2nc3c(cc21)c1cccc2cccc3c21.[Br-]. The molecule has 6 heteroatoms. The van der Waals surface area contributed by atoms with Crippen molar-refractivity contribution in [3.8, 4) is 0 Å². The number of carbonyl (C=O) groups is 1. The summed E-state index contributed by atoms with van der Waals surface area (Å²) in [6, 6.07) is 23.1. The van der Waals surface area contributed by atoms with Crippen LogP contribution in [-0.2, 0) is 11.3 Å². The second-order valence-electron chi connectivity index (χ2n) is 7.52. The highest BCUT2D eigenvalue weighted by molar-refractivity contribution is 6.29. The number of imidazole rings is 1. The molecule has 0 bridgehead atoms. The van der Waals surface area contributed by atoms with Crippen LogP contribution < -0.4 is 21.5 Å². The molecule has 0 aliphatic carbocycles. The van der Waals surface area contributed by atoms with Crippen LogP contribution in [0.4, 0.5) is 0 Å². The summed E-state index contributed by atoms with van der Waals surface area (Å²) in [7, 11) is 0. The molecule has 0 saturated carbocycles. The van der Waals surface area contributed by atoms with Crippen molar-refractivity contribution in [3.63, 3.8) is 0 Å². The van der Waals surface area contributed by atoms with E-state index >= 15 is 0 Å². The summed E-state index contributed by atoms with van der Waals surface area (Å²) in [5.41, 5.74) is 4.09. The third-order valence-corrected chi connectivity index (χ3v) is 5.85. The topological polar surface area (TPSA) is 58.5 Å². The Morgan fingerprint density at radius 2 is 1.73 bits per heavy atom. The Balaban J connectivity index is 0.00000193. The summed E-state index contributed by atoms with van der Waals surface area (Å²) in [5, 5.41) is 20.1. The van der Waals surface area contributed by atoms with Gasteiger partial charge in [0.15, 0.2) is 5.52 Å². The average molecular weight is 460 g/mol. The second kappa shape index (κ2) is 6.92. The van der Waals surface area contributed by atoms with E-state index in [4.69, 9.17) is 10.2 Å².